The van der Waals surface area contributed by atoms with E-state index in [1.807, 2.05) is 38.4 Å². The Morgan fingerprint density at radius 1 is 1.36 bits per heavy atom. The van der Waals surface area contributed by atoms with Crippen molar-refractivity contribution in [1.82, 2.24) is 25.3 Å². The number of carbonyl (C=O) groups excluding carboxylic acids is 1. The van der Waals surface area contributed by atoms with Gasteiger partial charge < -0.3 is 5.32 Å². The Balaban J connectivity index is 1.80. The lowest BCUT2D eigenvalue weighted by Gasteiger charge is -2.15. The van der Waals surface area contributed by atoms with Crippen LogP contribution in [-0.2, 0) is 11.2 Å². The smallest absolute Gasteiger partial charge is 0.220 e. The van der Waals surface area contributed by atoms with Crippen molar-refractivity contribution < 1.29 is 4.79 Å². The van der Waals surface area contributed by atoms with E-state index in [1.165, 1.54) is 0 Å². The van der Waals surface area contributed by atoms with Crippen LogP contribution in [0.25, 0.3) is 0 Å². The van der Waals surface area contributed by atoms with Gasteiger partial charge in [0.2, 0.25) is 5.91 Å². The van der Waals surface area contributed by atoms with Gasteiger partial charge in [-0.3, -0.25) is 14.6 Å². The average Bonchev–Trinajstić information content (AvgIpc) is 2.97. The molecule has 0 aliphatic rings. The zero-order valence-corrected chi connectivity index (χ0v) is 14.0. The number of H-pyrrole nitrogens is 1. The fraction of sp³-hybridized carbons (Fsp3) is 0.562. The van der Waals surface area contributed by atoms with Crippen molar-refractivity contribution in [2.75, 3.05) is 6.54 Å². The molecule has 0 spiro atoms. The van der Waals surface area contributed by atoms with E-state index < -0.39 is 0 Å². The molecule has 2 heterocycles. The Kier molecular flexibility index (Phi) is 5.00. The minimum atomic E-state index is 0.0495. The molecule has 0 radical (unpaired) electrons. The molecule has 0 saturated carbocycles. The predicted octanol–water partition coefficient (Wildman–Crippen LogP) is 2.15. The second-order valence-electron chi connectivity index (χ2n) is 5.95. The highest BCUT2D eigenvalue weighted by molar-refractivity contribution is 5.76. The molecular formula is C16H25N5O. The van der Waals surface area contributed by atoms with Gasteiger partial charge in [-0.1, -0.05) is 0 Å². The molecule has 2 aromatic rings. The van der Waals surface area contributed by atoms with Crippen LogP contribution in [0, 0.1) is 27.7 Å². The van der Waals surface area contributed by atoms with Crippen LogP contribution < -0.4 is 5.32 Å². The molecule has 120 valence electrons. The Labute approximate surface area is 131 Å². The lowest BCUT2D eigenvalue weighted by Crippen LogP contribution is -2.30. The van der Waals surface area contributed by atoms with Crippen molar-refractivity contribution in [1.29, 1.82) is 0 Å². The number of aryl methyl sites for hydroxylation is 4. The normalized spacial score (nSPS) is 12.4. The number of nitrogens with one attached hydrogen (secondary N) is 2. The quantitative estimate of drug-likeness (QED) is 0.858. The first-order valence-corrected chi connectivity index (χ1v) is 7.68. The molecule has 0 aromatic carbocycles. The van der Waals surface area contributed by atoms with Crippen LogP contribution in [0.2, 0.25) is 0 Å². The number of hydrogen-bond donors (Lipinski definition) is 2. The molecule has 0 fully saturated rings. The van der Waals surface area contributed by atoms with Crippen LogP contribution in [0.15, 0.2) is 6.07 Å². The molecule has 0 saturated heterocycles. The van der Waals surface area contributed by atoms with Crippen LogP contribution >= 0.6 is 0 Å². The molecule has 0 aliphatic carbocycles. The van der Waals surface area contributed by atoms with E-state index in [2.05, 4.69) is 27.5 Å². The van der Waals surface area contributed by atoms with Crippen molar-refractivity contribution in [3.63, 3.8) is 0 Å². The lowest BCUT2D eigenvalue weighted by atomic mass is 10.1. The van der Waals surface area contributed by atoms with Gasteiger partial charge >= 0.3 is 0 Å². The molecule has 1 amide bonds. The Morgan fingerprint density at radius 3 is 2.64 bits per heavy atom. The van der Waals surface area contributed by atoms with Gasteiger partial charge in [-0.2, -0.15) is 10.2 Å². The zero-order valence-electron chi connectivity index (χ0n) is 14.0. The summed E-state index contributed by atoms with van der Waals surface area (Å²) in [6.45, 7) is 10.7. The summed E-state index contributed by atoms with van der Waals surface area (Å²) in [6.07, 6.45) is 1.12. The van der Waals surface area contributed by atoms with Crippen molar-refractivity contribution in [3.05, 3.63) is 34.4 Å². The van der Waals surface area contributed by atoms with Crippen molar-refractivity contribution in [3.8, 4) is 0 Å². The first kappa shape index (κ1) is 16.3. The molecule has 2 N–H and O–H groups in total. The monoisotopic (exact) mass is 303 g/mol. The van der Waals surface area contributed by atoms with E-state index in [4.69, 9.17) is 0 Å². The lowest BCUT2D eigenvalue weighted by molar-refractivity contribution is -0.121. The minimum absolute atomic E-state index is 0.0495. The Morgan fingerprint density at radius 2 is 2.09 bits per heavy atom. The van der Waals surface area contributed by atoms with Gasteiger partial charge in [-0.25, -0.2) is 0 Å². The standard InChI is InChI=1S/C16H25N5O/c1-10-8-11(2)21(20-10)12(3)9-17-16(22)7-6-15-13(4)14(5)18-19-15/h8,12H,6-7,9H2,1-5H3,(H,17,22)(H,18,19)/t12-/m1/s1. The topological polar surface area (TPSA) is 75.6 Å². The summed E-state index contributed by atoms with van der Waals surface area (Å²) < 4.78 is 1.96. The molecule has 1 atom stereocenters. The van der Waals surface area contributed by atoms with Crippen LogP contribution in [0.1, 0.15) is 47.7 Å². The largest absolute Gasteiger partial charge is 0.354 e. The van der Waals surface area contributed by atoms with E-state index in [0.717, 1.165) is 28.3 Å². The number of hydrogen-bond acceptors (Lipinski definition) is 3. The number of aromatic amines is 1. The molecular weight excluding hydrogens is 278 g/mol. The fourth-order valence-electron chi connectivity index (χ4n) is 2.54. The number of nitrogens with zero attached hydrogens (tertiary/aromatic N) is 3. The average molecular weight is 303 g/mol. The van der Waals surface area contributed by atoms with Crippen LogP contribution in [0.4, 0.5) is 0 Å². The summed E-state index contributed by atoms with van der Waals surface area (Å²) in [5.41, 5.74) is 5.29. The van der Waals surface area contributed by atoms with Gasteiger partial charge in [0, 0.05) is 30.8 Å². The molecule has 6 heteroatoms. The maximum Gasteiger partial charge on any atom is 0.220 e. The van der Waals surface area contributed by atoms with Gasteiger partial charge in [-0.15, -0.1) is 0 Å². The summed E-state index contributed by atoms with van der Waals surface area (Å²) in [7, 11) is 0. The molecule has 0 aliphatic heterocycles. The number of aromatic nitrogens is 4. The van der Waals surface area contributed by atoms with Crippen LogP contribution in [0.5, 0.6) is 0 Å². The number of rotatable bonds is 6. The maximum absolute atomic E-state index is 12.0. The second-order valence-corrected chi connectivity index (χ2v) is 5.95. The third kappa shape index (κ3) is 3.75. The summed E-state index contributed by atoms with van der Waals surface area (Å²) in [5.74, 6) is 0.0495. The first-order valence-electron chi connectivity index (χ1n) is 7.68. The van der Waals surface area contributed by atoms with Gasteiger partial charge in [0.05, 0.1) is 17.4 Å². The summed E-state index contributed by atoms with van der Waals surface area (Å²) in [5, 5.41) is 14.6. The minimum Gasteiger partial charge on any atom is -0.354 e. The molecule has 0 bridgehead atoms. The Hall–Kier alpha value is -2.11. The highest BCUT2D eigenvalue weighted by Gasteiger charge is 2.12. The molecule has 6 nitrogen and oxygen atoms in total. The summed E-state index contributed by atoms with van der Waals surface area (Å²) in [4.78, 5) is 12.0. The SMILES string of the molecule is Cc1cc(C)n([C@H](C)CNC(=O)CCc2n[nH]c(C)c2C)n1. The van der Waals surface area contributed by atoms with Crippen molar-refractivity contribution in [2.45, 2.75) is 53.5 Å². The number of carbonyl (C=O) groups is 1. The molecule has 0 unspecified atom stereocenters. The molecule has 2 rings (SSSR count). The molecule has 22 heavy (non-hydrogen) atoms. The van der Waals surface area contributed by atoms with Gasteiger partial charge in [0.1, 0.15) is 0 Å². The van der Waals surface area contributed by atoms with Gasteiger partial charge in [0.15, 0.2) is 0 Å². The van der Waals surface area contributed by atoms with Gasteiger partial charge in [0.25, 0.3) is 0 Å². The fourth-order valence-corrected chi connectivity index (χ4v) is 2.54. The zero-order chi connectivity index (χ0) is 16.3. The molecule has 2 aromatic heterocycles. The highest BCUT2D eigenvalue weighted by Crippen LogP contribution is 2.11. The first-order chi connectivity index (χ1) is 10.4. The maximum atomic E-state index is 12.0. The van der Waals surface area contributed by atoms with E-state index >= 15 is 0 Å². The van der Waals surface area contributed by atoms with E-state index in [9.17, 15) is 4.79 Å². The summed E-state index contributed by atoms with van der Waals surface area (Å²) >= 11 is 0. The Bertz CT molecular complexity index is 656. The van der Waals surface area contributed by atoms with E-state index in [1.54, 1.807) is 0 Å². The van der Waals surface area contributed by atoms with Crippen LogP contribution in [0.3, 0.4) is 0 Å². The van der Waals surface area contributed by atoms with E-state index in [0.29, 0.717) is 19.4 Å². The number of amides is 1. The second kappa shape index (κ2) is 6.77. The predicted molar refractivity (Wildman–Crippen MR) is 85.8 cm³/mol. The van der Waals surface area contributed by atoms with Crippen molar-refractivity contribution in [2.24, 2.45) is 0 Å². The van der Waals surface area contributed by atoms with Crippen molar-refractivity contribution >= 4 is 5.91 Å². The van der Waals surface area contributed by atoms with Crippen LogP contribution in [-0.4, -0.2) is 32.4 Å². The highest BCUT2D eigenvalue weighted by atomic mass is 16.1. The summed E-state index contributed by atoms with van der Waals surface area (Å²) in [6, 6.07) is 2.19. The third-order valence-corrected chi connectivity index (χ3v) is 4.00. The third-order valence-electron chi connectivity index (χ3n) is 4.00. The van der Waals surface area contributed by atoms with Gasteiger partial charge in [-0.05, 0) is 46.2 Å². The van der Waals surface area contributed by atoms with E-state index in [-0.39, 0.29) is 11.9 Å².